The highest BCUT2D eigenvalue weighted by molar-refractivity contribution is 9.10. The summed E-state index contributed by atoms with van der Waals surface area (Å²) >= 11 is 3.40. The Morgan fingerprint density at radius 1 is 1.29 bits per heavy atom. The minimum atomic E-state index is -1.42. The Hall–Kier alpha value is -2.79. The minimum absolute atomic E-state index is 0.361. The van der Waals surface area contributed by atoms with Gasteiger partial charge in [-0.05, 0) is 59.5 Å². The number of nitrogens with zero attached hydrogens (tertiary/aromatic N) is 4. The predicted molar refractivity (Wildman–Crippen MR) is 129 cm³/mol. The van der Waals surface area contributed by atoms with Crippen LogP contribution in [-0.4, -0.2) is 53.6 Å². The van der Waals surface area contributed by atoms with E-state index in [2.05, 4.69) is 30.9 Å². The number of aliphatic hydroxyl groups is 2. The molecule has 2 aliphatic rings. The second-order valence-corrected chi connectivity index (χ2v) is 9.78. The van der Waals surface area contributed by atoms with Gasteiger partial charge in [0, 0.05) is 23.0 Å². The van der Waals surface area contributed by atoms with Gasteiger partial charge in [-0.2, -0.15) is 0 Å². The number of fused-ring (bicyclic) bond motifs is 3. The van der Waals surface area contributed by atoms with Crippen LogP contribution in [0, 0.1) is 0 Å². The zero-order chi connectivity index (χ0) is 23.6. The summed E-state index contributed by atoms with van der Waals surface area (Å²) in [6.45, 7) is 2.03. The van der Waals surface area contributed by atoms with E-state index in [1.54, 1.807) is 4.57 Å². The Labute approximate surface area is 203 Å². The molecule has 4 N–H and O–H groups in total. The van der Waals surface area contributed by atoms with Crippen LogP contribution in [0.2, 0.25) is 0 Å². The average Bonchev–Trinajstić information content (AvgIpc) is 3.47. The van der Waals surface area contributed by atoms with Crippen LogP contribution in [0.1, 0.15) is 31.7 Å². The quantitative estimate of drug-likeness (QED) is 0.370. The zero-order valence-corrected chi connectivity index (χ0v) is 20.0. The van der Waals surface area contributed by atoms with Crippen LogP contribution in [0.5, 0.6) is 5.75 Å². The van der Waals surface area contributed by atoms with E-state index >= 15 is 0 Å². The Morgan fingerprint density at radius 2 is 2.15 bits per heavy atom. The molecule has 1 saturated carbocycles. The van der Waals surface area contributed by atoms with Crippen molar-refractivity contribution in [1.82, 2.24) is 19.5 Å². The molecule has 0 amide bonds. The number of hydrogen-bond acceptors (Lipinski definition) is 8. The SMILES string of the molecule is CCc1ncnc2c1ccn2[C@@H]1O[C@@H]2[C@@H](Oc3ccc4cc(Br)c(N)nc4c3)CC[C@]2(O)[C@H]1O. The maximum Gasteiger partial charge on any atom is 0.164 e. The number of aliphatic hydroxyl groups excluding tert-OH is 1. The number of nitrogens with two attached hydrogens (primary N) is 1. The van der Waals surface area contributed by atoms with Gasteiger partial charge >= 0.3 is 0 Å². The molecule has 0 bridgehead atoms. The summed E-state index contributed by atoms with van der Waals surface area (Å²) < 4.78 is 15.0. The molecular weight excluding hydrogens is 502 g/mol. The molecule has 5 atom stereocenters. The lowest BCUT2D eigenvalue weighted by molar-refractivity contribution is -0.0791. The van der Waals surface area contributed by atoms with Crippen LogP contribution >= 0.6 is 15.9 Å². The Balaban J connectivity index is 1.29. The summed E-state index contributed by atoms with van der Waals surface area (Å²) in [7, 11) is 0. The summed E-state index contributed by atoms with van der Waals surface area (Å²) in [6.07, 6.45) is 1.97. The van der Waals surface area contributed by atoms with Gasteiger partial charge in [-0.15, -0.1) is 0 Å². The van der Waals surface area contributed by atoms with E-state index in [0.29, 0.717) is 35.6 Å². The number of rotatable bonds is 4. The van der Waals surface area contributed by atoms with Gasteiger partial charge in [0.05, 0.1) is 15.7 Å². The average molecular weight is 526 g/mol. The number of aromatic nitrogens is 4. The van der Waals surface area contributed by atoms with Gasteiger partial charge in [0.25, 0.3) is 0 Å². The topological polar surface area (TPSA) is 129 Å². The molecule has 0 spiro atoms. The van der Waals surface area contributed by atoms with Crippen molar-refractivity contribution in [3.05, 3.63) is 53.0 Å². The monoisotopic (exact) mass is 525 g/mol. The number of benzene rings is 1. The van der Waals surface area contributed by atoms with Crippen LogP contribution in [-0.2, 0) is 11.2 Å². The van der Waals surface area contributed by atoms with Gasteiger partial charge in [-0.3, -0.25) is 0 Å². The maximum absolute atomic E-state index is 11.4. The normalized spacial score (nSPS) is 28.6. The molecular formula is C24H24BrN5O4. The first-order valence-electron chi connectivity index (χ1n) is 11.3. The molecule has 4 heterocycles. The van der Waals surface area contributed by atoms with Crippen molar-refractivity contribution in [2.45, 2.75) is 56.3 Å². The maximum atomic E-state index is 11.4. The van der Waals surface area contributed by atoms with Gasteiger partial charge in [0.2, 0.25) is 0 Å². The molecule has 6 rings (SSSR count). The smallest absolute Gasteiger partial charge is 0.164 e. The third kappa shape index (κ3) is 3.20. The van der Waals surface area contributed by atoms with E-state index in [4.69, 9.17) is 15.2 Å². The highest BCUT2D eigenvalue weighted by atomic mass is 79.9. The number of ether oxygens (including phenoxy) is 2. The van der Waals surface area contributed by atoms with Crippen LogP contribution < -0.4 is 10.5 Å². The first-order valence-corrected chi connectivity index (χ1v) is 12.1. The lowest BCUT2D eigenvalue weighted by Crippen LogP contribution is -2.47. The second kappa shape index (κ2) is 7.88. The predicted octanol–water partition coefficient (Wildman–Crippen LogP) is 3.12. The lowest BCUT2D eigenvalue weighted by atomic mass is 9.94. The molecule has 0 radical (unpaired) electrons. The van der Waals surface area contributed by atoms with Crippen molar-refractivity contribution >= 4 is 43.7 Å². The fourth-order valence-electron chi connectivity index (χ4n) is 5.22. The Bertz CT molecular complexity index is 1410. The van der Waals surface area contributed by atoms with Gasteiger partial charge in [0.15, 0.2) is 6.23 Å². The van der Waals surface area contributed by atoms with Gasteiger partial charge in [-0.25, -0.2) is 15.0 Å². The fraction of sp³-hybridized carbons (Fsp3) is 0.375. The standard InChI is InChI=1S/C24H24BrN5O4/c1-2-16-14-6-8-30(22(14)28-11-27-16)23-19(31)24(32)7-5-18(20(24)34-23)33-13-4-3-12-9-15(25)21(26)29-17(12)10-13/h3-4,6,8-11,18-20,23,31-32H,2,5,7H2,1H3,(H2,26,29)/t18-,19-,20+,23+,24-/m0/s1. The van der Waals surface area contributed by atoms with E-state index < -0.39 is 30.1 Å². The van der Waals surface area contributed by atoms with Crippen molar-refractivity contribution < 1.29 is 19.7 Å². The molecule has 9 nitrogen and oxygen atoms in total. The van der Waals surface area contributed by atoms with E-state index in [1.165, 1.54) is 6.33 Å². The molecule has 4 aromatic rings. The first kappa shape index (κ1) is 21.7. The minimum Gasteiger partial charge on any atom is -0.488 e. The summed E-state index contributed by atoms with van der Waals surface area (Å²) in [5.74, 6) is 1.00. The first-order chi connectivity index (χ1) is 16.4. The number of aryl methyl sites for hydroxylation is 1. The zero-order valence-electron chi connectivity index (χ0n) is 18.4. The van der Waals surface area contributed by atoms with Crippen molar-refractivity contribution in [3.8, 4) is 5.75 Å². The summed E-state index contributed by atoms with van der Waals surface area (Å²) in [4.78, 5) is 13.1. The molecule has 176 valence electrons. The Morgan fingerprint density at radius 3 is 2.97 bits per heavy atom. The summed E-state index contributed by atoms with van der Waals surface area (Å²) in [5.41, 5.74) is 6.81. The number of halogens is 1. The highest BCUT2D eigenvalue weighted by Gasteiger charge is 2.62. The highest BCUT2D eigenvalue weighted by Crippen LogP contribution is 2.48. The molecule has 1 aromatic carbocycles. The van der Waals surface area contributed by atoms with Gasteiger partial charge < -0.3 is 30.0 Å². The summed E-state index contributed by atoms with van der Waals surface area (Å²) in [5, 5.41) is 24.4. The van der Waals surface area contributed by atoms with E-state index in [9.17, 15) is 10.2 Å². The molecule has 10 heteroatoms. The van der Waals surface area contributed by atoms with Crippen molar-refractivity contribution in [1.29, 1.82) is 0 Å². The number of anilines is 1. The van der Waals surface area contributed by atoms with Gasteiger partial charge in [-0.1, -0.05) is 6.92 Å². The van der Waals surface area contributed by atoms with Crippen LogP contribution in [0.15, 0.2) is 47.3 Å². The van der Waals surface area contributed by atoms with E-state index in [1.807, 2.05) is 43.5 Å². The lowest BCUT2D eigenvalue weighted by Gasteiger charge is -2.26. The van der Waals surface area contributed by atoms with Crippen LogP contribution in [0.3, 0.4) is 0 Å². The number of hydrogen-bond donors (Lipinski definition) is 3. The largest absolute Gasteiger partial charge is 0.488 e. The molecule has 34 heavy (non-hydrogen) atoms. The molecule has 2 fully saturated rings. The number of nitrogen functional groups attached to an aromatic ring is 1. The third-order valence-corrected chi connectivity index (χ3v) is 7.62. The van der Waals surface area contributed by atoms with Crippen molar-refractivity contribution in [3.63, 3.8) is 0 Å². The molecule has 1 saturated heterocycles. The molecule has 1 aliphatic heterocycles. The fourth-order valence-corrected chi connectivity index (χ4v) is 5.55. The molecule has 0 unspecified atom stereocenters. The van der Waals surface area contributed by atoms with Crippen molar-refractivity contribution in [2.24, 2.45) is 0 Å². The third-order valence-electron chi connectivity index (χ3n) is 6.99. The second-order valence-electron chi connectivity index (χ2n) is 8.92. The summed E-state index contributed by atoms with van der Waals surface area (Å²) in [6, 6.07) is 9.41. The van der Waals surface area contributed by atoms with E-state index in [-0.39, 0.29) is 0 Å². The Kier molecular flexibility index (Phi) is 5.03. The van der Waals surface area contributed by atoms with Crippen LogP contribution in [0.4, 0.5) is 5.82 Å². The molecule has 1 aliphatic carbocycles. The van der Waals surface area contributed by atoms with E-state index in [0.717, 1.165) is 27.4 Å². The molecule has 3 aromatic heterocycles. The number of pyridine rings is 1. The van der Waals surface area contributed by atoms with Crippen molar-refractivity contribution in [2.75, 3.05) is 5.73 Å². The van der Waals surface area contributed by atoms with Crippen LogP contribution in [0.25, 0.3) is 21.9 Å². The van der Waals surface area contributed by atoms with Gasteiger partial charge in [0.1, 0.15) is 47.5 Å².